The fraction of sp³-hybridized carbons (Fsp3) is 0.222. The number of halogens is 2. The second kappa shape index (κ2) is 6.46. The molecular weight excluding hydrogens is 351 g/mol. The van der Waals surface area contributed by atoms with Gasteiger partial charge in [0.2, 0.25) is 0 Å². The van der Waals surface area contributed by atoms with Crippen LogP contribution in [0.1, 0.15) is 23.0 Å². The minimum Gasteiger partial charge on any atom is -0.481 e. The second-order valence-corrected chi connectivity index (χ2v) is 6.76. The van der Waals surface area contributed by atoms with Gasteiger partial charge in [-0.05, 0) is 35.4 Å². The predicted octanol–water partition coefficient (Wildman–Crippen LogP) is 4.28. The lowest BCUT2D eigenvalue weighted by atomic mass is 9.52. The molecule has 0 heterocycles. The van der Waals surface area contributed by atoms with Gasteiger partial charge in [-0.2, -0.15) is 0 Å². The van der Waals surface area contributed by atoms with Crippen LogP contribution in [0.2, 0.25) is 10.0 Å². The SMILES string of the molecule is O=C(O)C1C(C(=O)O)C(c2ccc(Cl)cc2)C1c1ccc(Cl)cc1. The van der Waals surface area contributed by atoms with E-state index in [1.54, 1.807) is 48.5 Å². The third-order valence-corrected chi connectivity index (χ3v) is 5.13. The van der Waals surface area contributed by atoms with Crippen LogP contribution < -0.4 is 0 Å². The largest absolute Gasteiger partial charge is 0.481 e. The molecule has 2 aromatic rings. The van der Waals surface area contributed by atoms with Crippen LogP contribution in [-0.2, 0) is 9.59 Å². The van der Waals surface area contributed by atoms with Gasteiger partial charge < -0.3 is 10.2 Å². The molecule has 1 aliphatic carbocycles. The van der Waals surface area contributed by atoms with Crippen LogP contribution in [0.5, 0.6) is 0 Å². The fourth-order valence-electron chi connectivity index (χ4n) is 3.56. The molecule has 4 nitrogen and oxygen atoms in total. The number of carboxylic acid groups (broad SMARTS) is 2. The highest BCUT2D eigenvalue weighted by atomic mass is 35.5. The molecule has 0 spiro atoms. The quantitative estimate of drug-likeness (QED) is 0.848. The molecule has 0 radical (unpaired) electrons. The number of hydrogen-bond acceptors (Lipinski definition) is 2. The topological polar surface area (TPSA) is 74.6 Å². The molecule has 0 amide bonds. The zero-order valence-corrected chi connectivity index (χ0v) is 13.9. The van der Waals surface area contributed by atoms with Crippen molar-refractivity contribution in [1.29, 1.82) is 0 Å². The molecular formula is C18H14Cl2O4. The van der Waals surface area contributed by atoms with Gasteiger partial charge in [-0.25, -0.2) is 0 Å². The van der Waals surface area contributed by atoms with E-state index in [1.165, 1.54) is 0 Å². The summed E-state index contributed by atoms with van der Waals surface area (Å²) in [5.74, 6) is -5.03. The van der Waals surface area contributed by atoms with Crippen LogP contribution in [0.4, 0.5) is 0 Å². The molecule has 3 rings (SSSR count). The second-order valence-electron chi connectivity index (χ2n) is 5.88. The van der Waals surface area contributed by atoms with E-state index in [2.05, 4.69) is 0 Å². The van der Waals surface area contributed by atoms with Crippen LogP contribution in [0.15, 0.2) is 48.5 Å². The molecule has 1 aliphatic rings. The van der Waals surface area contributed by atoms with Gasteiger partial charge >= 0.3 is 11.9 Å². The molecule has 0 aromatic heterocycles. The summed E-state index contributed by atoms with van der Waals surface area (Å²) in [4.78, 5) is 23.3. The van der Waals surface area contributed by atoms with E-state index in [1.807, 2.05) is 0 Å². The smallest absolute Gasteiger partial charge is 0.308 e. The molecule has 2 aromatic carbocycles. The Labute approximate surface area is 148 Å². The molecule has 24 heavy (non-hydrogen) atoms. The zero-order valence-electron chi connectivity index (χ0n) is 12.4. The molecule has 2 N–H and O–H groups in total. The maximum absolute atomic E-state index is 11.7. The number of carbonyl (C=O) groups is 2. The first-order valence-corrected chi connectivity index (χ1v) is 8.12. The number of hydrogen-bond donors (Lipinski definition) is 2. The molecule has 0 aliphatic heterocycles. The van der Waals surface area contributed by atoms with Crippen molar-refractivity contribution < 1.29 is 19.8 Å². The highest BCUT2D eigenvalue weighted by Crippen LogP contribution is 2.58. The van der Waals surface area contributed by atoms with Crippen molar-refractivity contribution in [2.24, 2.45) is 11.8 Å². The molecule has 1 fully saturated rings. The monoisotopic (exact) mass is 364 g/mol. The first kappa shape index (κ1) is 16.8. The summed E-state index contributed by atoms with van der Waals surface area (Å²) in [6.07, 6.45) is 0. The summed E-state index contributed by atoms with van der Waals surface area (Å²) >= 11 is 11.8. The lowest BCUT2D eigenvalue weighted by molar-refractivity contribution is -0.164. The van der Waals surface area contributed by atoms with Crippen LogP contribution in [0.3, 0.4) is 0 Å². The number of aliphatic carboxylic acids is 2. The van der Waals surface area contributed by atoms with Crippen LogP contribution in [0.25, 0.3) is 0 Å². The highest BCUT2D eigenvalue weighted by Gasteiger charge is 2.58. The van der Waals surface area contributed by atoms with Crippen molar-refractivity contribution in [3.8, 4) is 0 Å². The van der Waals surface area contributed by atoms with Gasteiger partial charge in [0.15, 0.2) is 0 Å². The Morgan fingerprint density at radius 3 is 1.21 bits per heavy atom. The lowest BCUT2D eigenvalue weighted by Crippen LogP contribution is -2.51. The summed E-state index contributed by atoms with van der Waals surface area (Å²) in [5, 5.41) is 20.2. The Morgan fingerprint density at radius 2 is 0.958 bits per heavy atom. The van der Waals surface area contributed by atoms with E-state index < -0.39 is 35.6 Å². The van der Waals surface area contributed by atoms with Gasteiger partial charge in [-0.15, -0.1) is 0 Å². The Hall–Kier alpha value is -2.04. The van der Waals surface area contributed by atoms with Crippen LogP contribution >= 0.6 is 23.2 Å². The van der Waals surface area contributed by atoms with Crippen molar-refractivity contribution in [3.63, 3.8) is 0 Å². The molecule has 4 unspecified atom stereocenters. The van der Waals surface area contributed by atoms with Crippen molar-refractivity contribution in [1.82, 2.24) is 0 Å². The van der Waals surface area contributed by atoms with E-state index in [9.17, 15) is 19.8 Å². The Balaban J connectivity index is 2.06. The van der Waals surface area contributed by atoms with Gasteiger partial charge in [-0.1, -0.05) is 47.5 Å². The Morgan fingerprint density at radius 1 is 0.667 bits per heavy atom. The van der Waals surface area contributed by atoms with Crippen LogP contribution in [0, 0.1) is 11.8 Å². The third-order valence-electron chi connectivity index (χ3n) is 4.63. The van der Waals surface area contributed by atoms with Crippen LogP contribution in [-0.4, -0.2) is 22.2 Å². The highest BCUT2D eigenvalue weighted by molar-refractivity contribution is 6.30. The summed E-state index contributed by atoms with van der Waals surface area (Å²) in [6.45, 7) is 0. The molecule has 124 valence electrons. The van der Waals surface area contributed by atoms with E-state index in [0.29, 0.717) is 10.0 Å². The van der Waals surface area contributed by atoms with E-state index >= 15 is 0 Å². The first-order chi connectivity index (χ1) is 11.4. The summed E-state index contributed by atoms with van der Waals surface area (Å²) in [6, 6.07) is 13.7. The minimum atomic E-state index is -1.10. The molecule has 6 heteroatoms. The lowest BCUT2D eigenvalue weighted by Gasteiger charge is -2.48. The summed E-state index contributed by atoms with van der Waals surface area (Å²) < 4.78 is 0. The van der Waals surface area contributed by atoms with Gasteiger partial charge in [0.05, 0.1) is 11.8 Å². The maximum Gasteiger partial charge on any atom is 0.308 e. The predicted molar refractivity (Wildman–Crippen MR) is 90.6 cm³/mol. The zero-order chi connectivity index (χ0) is 17.4. The van der Waals surface area contributed by atoms with Gasteiger partial charge in [0.25, 0.3) is 0 Å². The van der Waals surface area contributed by atoms with Gasteiger partial charge in [0.1, 0.15) is 0 Å². The third kappa shape index (κ3) is 2.87. The average Bonchev–Trinajstić information content (AvgIpc) is 2.49. The fourth-order valence-corrected chi connectivity index (χ4v) is 3.81. The summed E-state index contributed by atoms with van der Waals surface area (Å²) in [5.41, 5.74) is 1.54. The van der Waals surface area contributed by atoms with Crippen molar-refractivity contribution >= 4 is 35.1 Å². The van der Waals surface area contributed by atoms with Crippen molar-refractivity contribution in [2.75, 3.05) is 0 Å². The van der Waals surface area contributed by atoms with Crippen molar-refractivity contribution in [3.05, 3.63) is 69.7 Å². The van der Waals surface area contributed by atoms with E-state index in [-0.39, 0.29) is 0 Å². The number of benzene rings is 2. The van der Waals surface area contributed by atoms with Gasteiger partial charge in [0, 0.05) is 21.9 Å². The number of carboxylic acids is 2. The van der Waals surface area contributed by atoms with E-state index in [0.717, 1.165) is 11.1 Å². The van der Waals surface area contributed by atoms with E-state index in [4.69, 9.17) is 23.2 Å². The maximum atomic E-state index is 11.7. The number of rotatable bonds is 4. The molecule has 0 saturated heterocycles. The molecule has 4 atom stereocenters. The Kier molecular flexibility index (Phi) is 4.52. The van der Waals surface area contributed by atoms with Gasteiger partial charge in [-0.3, -0.25) is 9.59 Å². The average molecular weight is 365 g/mol. The standard InChI is InChI=1S/C18H14Cl2O4/c19-11-5-1-9(2-6-11)13-14(10-3-7-12(20)8-4-10)16(18(23)24)15(13)17(21)22/h1-8,13-16H,(H,21,22)(H,23,24). The molecule has 0 bridgehead atoms. The molecule has 1 saturated carbocycles. The first-order valence-electron chi connectivity index (χ1n) is 7.36. The minimum absolute atomic E-state index is 0.429. The summed E-state index contributed by atoms with van der Waals surface area (Å²) in [7, 11) is 0. The Bertz CT molecular complexity index is 703. The van der Waals surface area contributed by atoms with Crippen molar-refractivity contribution in [2.45, 2.75) is 11.8 Å². The normalized spacial score (nSPS) is 25.8.